The van der Waals surface area contributed by atoms with Gasteiger partial charge < -0.3 is 15.7 Å². The van der Waals surface area contributed by atoms with Crippen molar-refractivity contribution in [2.75, 3.05) is 13.1 Å². The number of hydrogen-bond acceptors (Lipinski definition) is 3. The van der Waals surface area contributed by atoms with Crippen molar-refractivity contribution >= 4 is 29.9 Å². The van der Waals surface area contributed by atoms with E-state index in [1.165, 1.54) is 43.2 Å². The van der Waals surface area contributed by atoms with E-state index in [-0.39, 0.29) is 24.0 Å². The van der Waals surface area contributed by atoms with Crippen LogP contribution < -0.4 is 10.6 Å². The van der Waals surface area contributed by atoms with Gasteiger partial charge in [0, 0.05) is 36.8 Å². The topological polar surface area (TPSA) is 59.9 Å². The van der Waals surface area contributed by atoms with E-state index in [1.54, 1.807) is 0 Å². The van der Waals surface area contributed by atoms with Crippen molar-refractivity contribution in [2.45, 2.75) is 83.5 Å². The molecule has 1 aromatic rings. The van der Waals surface area contributed by atoms with Gasteiger partial charge in [0.25, 0.3) is 0 Å². The number of aromatic hydroxyl groups is 1. The Bertz CT molecular complexity index is 704. The van der Waals surface area contributed by atoms with Crippen molar-refractivity contribution in [1.29, 1.82) is 0 Å². The SMILES string of the molecule is CCNC(=NCc1c(O)ccc2c1CCCC2)NC1CC(C)N(C2CC2)C1.I. The van der Waals surface area contributed by atoms with Crippen LogP contribution in [0.5, 0.6) is 5.75 Å². The number of hydrogen-bond donors (Lipinski definition) is 3. The molecule has 4 rings (SSSR count). The van der Waals surface area contributed by atoms with Crippen molar-refractivity contribution in [3.8, 4) is 5.75 Å². The Hall–Kier alpha value is -1.02. The minimum absolute atomic E-state index is 0. The van der Waals surface area contributed by atoms with Crippen LogP contribution in [-0.4, -0.2) is 47.2 Å². The van der Waals surface area contributed by atoms with E-state index in [4.69, 9.17) is 4.99 Å². The third-order valence-electron chi connectivity index (χ3n) is 6.35. The molecule has 0 bridgehead atoms. The standard InChI is InChI=1S/C22H34N4O.HI/c1-3-23-22(25-17-12-15(2)26(14-17)18-9-10-18)24-13-20-19-7-5-4-6-16(19)8-11-21(20)27;/h8,11,15,17-18,27H,3-7,9-10,12-14H2,1-2H3,(H2,23,24,25);1H. The van der Waals surface area contributed by atoms with E-state index in [1.807, 2.05) is 6.07 Å². The van der Waals surface area contributed by atoms with E-state index >= 15 is 0 Å². The van der Waals surface area contributed by atoms with E-state index in [0.29, 0.717) is 24.4 Å². The Morgan fingerprint density at radius 3 is 2.79 bits per heavy atom. The highest BCUT2D eigenvalue weighted by Gasteiger charge is 2.38. The molecule has 1 aliphatic heterocycles. The van der Waals surface area contributed by atoms with Gasteiger partial charge in [-0.1, -0.05) is 6.07 Å². The second kappa shape index (κ2) is 9.65. The van der Waals surface area contributed by atoms with Crippen LogP contribution in [0, 0.1) is 0 Å². The Kier molecular flexibility index (Phi) is 7.48. The molecule has 3 aliphatic rings. The fourth-order valence-corrected chi connectivity index (χ4v) is 4.82. The molecule has 0 radical (unpaired) electrons. The van der Waals surface area contributed by atoms with Crippen LogP contribution in [-0.2, 0) is 19.4 Å². The Morgan fingerprint density at radius 2 is 2.04 bits per heavy atom. The van der Waals surface area contributed by atoms with Crippen molar-refractivity contribution < 1.29 is 5.11 Å². The summed E-state index contributed by atoms with van der Waals surface area (Å²) in [5.41, 5.74) is 3.74. The zero-order valence-electron chi connectivity index (χ0n) is 17.2. The highest BCUT2D eigenvalue weighted by Crippen LogP contribution is 2.33. The number of phenols is 1. The van der Waals surface area contributed by atoms with Crippen LogP contribution in [0.2, 0.25) is 0 Å². The van der Waals surface area contributed by atoms with Gasteiger partial charge in [-0.15, -0.1) is 24.0 Å². The number of guanidine groups is 1. The van der Waals surface area contributed by atoms with Crippen LogP contribution in [0.15, 0.2) is 17.1 Å². The normalized spacial score (nSPS) is 25.1. The average Bonchev–Trinajstić information content (AvgIpc) is 3.44. The number of nitrogens with zero attached hydrogens (tertiary/aromatic N) is 2. The number of fused-ring (bicyclic) bond motifs is 1. The fourth-order valence-electron chi connectivity index (χ4n) is 4.82. The predicted octanol–water partition coefficient (Wildman–Crippen LogP) is 3.57. The largest absolute Gasteiger partial charge is 0.508 e. The molecule has 2 fully saturated rings. The lowest BCUT2D eigenvalue weighted by atomic mass is 9.88. The minimum atomic E-state index is 0. The molecule has 2 unspecified atom stereocenters. The van der Waals surface area contributed by atoms with Crippen LogP contribution in [0.4, 0.5) is 0 Å². The molecule has 5 nitrogen and oxygen atoms in total. The molecule has 3 N–H and O–H groups in total. The van der Waals surface area contributed by atoms with Crippen molar-refractivity contribution in [3.63, 3.8) is 0 Å². The lowest BCUT2D eigenvalue weighted by Crippen LogP contribution is -2.44. The van der Waals surface area contributed by atoms with E-state index in [0.717, 1.165) is 43.5 Å². The molecule has 2 atom stereocenters. The molecule has 156 valence electrons. The summed E-state index contributed by atoms with van der Waals surface area (Å²) < 4.78 is 0. The molecular weight excluding hydrogens is 463 g/mol. The van der Waals surface area contributed by atoms with Crippen molar-refractivity contribution in [2.24, 2.45) is 4.99 Å². The maximum atomic E-state index is 10.4. The number of aliphatic imine (C=N–C) groups is 1. The third kappa shape index (κ3) is 4.93. The second-order valence-corrected chi connectivity index (χ2v) is 8.46. The summed E-state index contributed by atoms with van der Waals surface area (Å²) in [7, 11) is 0. The van der Waals surface area contributed by atoms with Gasteiger partial charge >= 0.3 is 0 Å². The van der Waals surface area contributed by atoms with Gasteiger partial charge in [-0.05, 0) is 76.0 Å². The van der Waals surface area contributed by atoms with Crippen LogP contribution >= 0.6 is 24.0 Å². The molecule has 1 saturated carbocycles. The van der Waals surface area contributed by atoms with E-state index in [9.17, 15) is 5.11 Å². The minimum Gasteiger partial charge on any atom is -0.508 e. The number of aryl methyl sites for hydroxylation is 1. The summed E-state index contributed by atoms with van der Waals surface area (Å²) in [5, 5.41) is 17.5. The molecule has 0 aromatic heterocycles. The average molecular weight is 498 g/mol. The number of rotatable bonds is 5. The summed E-state index contributed by atoms with van der Waals surface area (Å²) in [6.45, 7) is 6.95. The number of likely N-dealkylation sites (tertiary alicyclic amines) is 1. The highest BCUT2D eigenvalue weighted by molar-refractivity contribution is 14.0. The van der Waals surface area contributed by atoms with E-state index in [2.05, 4.69) is 35.4 Å². The Balaban J connectivity index is 0.00000225. The number of benzene rings is 1. The zero-order valence-corrected chi connectivity index (χ0v) is 19.5. The van der Waals surface area contributed by atoms with Crippen LogP contribution in [0.25, 0.3) is 0 Å². The summed E-state index contributed by atoms with van der Waals surface area (Å²) >= 11 is 0. The zero-order chi connectivity index (χ0) is 18.8. The van der Waals surface area contributed by atoms with Gasteiger partial charge in [0.2, 0.25) is 0 Å². The summed E-state index contributed by atoms with van der Waals surface area (Å²) in [5.74, 6) is 1.27. The van der Waals surface area contributed by atoms with Crippen LogP contribution in [0.1, 0.15) is 62.6 Å². The first-order valence-corrected chi connectivity index (χ1v) is 10.8. The third-order valence-corrected chi connectivity index (χ3v) is 6.35. The maximum Gasteiger partial charge on any atom is 0.191 e. The maximum absolute atomic E-state index is 10.4. The number of nitrogens with one attached hydrogen (secondary N) is 2. The summed E-state index contributed by atoms with van der Waals surface area (Å²) in [6, 6.07) is 5.87. The molecule has 1 saturated heterocycles. The molecular formula is C22H35IN4O. The second-order valence-electron chi connectivity index (χ2n) is 8.46. The molecule has 6 heteroatoms. The lowest BCUT2D eigenvalue weighted by Gasteiger charge is -2.21. The molecule has 1 heterocycles. The summed E-state index contributed by atoms with van der Waals surface area (Å²) in [4.78, 5) is 7.50. The Morgan fingerprint density at radius 1 is 1.25 bits per heavy atom. The van der Waals surface area contributed by atoms with Gasteiger partial charge in [-0.25, -0.2) is 4.99 Å². The van der Waals surface area contributed by atoms with Crippen molar-refractivity contribution in [1.82, 2.24) is 15.5 Å². The first-order chi connectivity index (χ1) is 13.2. The number of phenolic OH excluding ortho intramolecular Hbond substituents is 1. The highest BCUT2D eigenvalue weighted by atomic mass is 127. The fraction of sp³-hybridized carbons (Fsp3) is 0.682. The van der Waals surface area contributed by atoms with E-state index < -0.39 is 0 Å². The van der Waals surface area contributed by atoms with Gasteiger partial charge in [0.05, 0.1) is 6.54 Å². The van der Waals surface area contributed by atoms with Gasteiger partial charge in [-0.2, -0.15) is 0 Å². The Labute approximate surface area is 186 Å². The molecule has 2 aliphatic carbocycles. The quantitative estimate of drug-likeness (QED) is 0.330. The van der Waals surface area contributed by atoms with Gasteiger partial charge in [0.1, 0.15) is 5.75 Å². The number of halogens is 1. The molecule has 0 amide bonds. The smallest absolute Gasteiger partial charge is 0.191 e. The molecule has 28 heavy (non-hydrogen) atoms. The first-order valence-electron chi connectivity index (χ1n) is 10.8. The molecule has 0 spiro atoms. The first kappa shape index (κ1) is 21.7. The summed E-state index contributed by atoms with van der Waals surface area (Å²) in [6.07, 6.45) is 8.56. The van der Waals surface area contributed by atoms with Crippen LogP contribution in [0.3, 0.4) is 0 Å². The predicted molar refractivity (Wildman–Crippen MR) is 126 cm³/mol. The molecule has 1 aromatic carbocycles. The lowest BCUT2D eigenvalue weighted by molar-refractivity contribution is 0.256. The van der Waals surface area contributed by atoms with Crippen molar-refractivity contribution in [3.05, 3.63) is 28.8 Å². The van der Waals surface area contributed by atoms with Gasteiger partial charge in [0.15, 0.2) is 5.96 Å². The van der Waals surface area contributed by atoms with Gasteiger partial charge in [-0.3, -0.25) is 4.90 Å². The monoisotopic (exact) mass is 498 g/mol.